The van der Waals surface area contributed by atoms with E-state index >= 15 is 0 Å². The van der Waals surface area contributed by atoms with Crippen LogP contribution in [0.1, 0.15) is 11.1 Å². The number of nitro groups is 1. The van der Waals surface area contributed by atoms with Crippen LogP contribution in [-0.4, -0.2) is 48.8 Å². The van der Waals surface area contributed by atoms with Crippen LogP contribution in [0.4, 0.5) is 0 Å². The Morgan fingerprint density at radius 3 is 2.35 bits per heavy atom. The molecule has 0 fully saturated rings. The van der Waals surface area contributed by atoms with E-state index in [0.29, 0.717) is 22.6 Å². The molecule has 0 heterocycles. The Hall–Kier alpha value is -4.13. The highest BCUT2D eigenvalue weighted by molar-refractivity contribution is 5.85. The third-order valence-electron chi connectivity index (χ3n) is 4.35. The summed E-state index contributed by atoms with van der Waals surface area (Å²) in [5.74, 6) is -1.17. The van der Waals surface area contributed by atoms with Gasteiger partial charge < -0.3 is 14.2 Å². The molecule has 0 aliphatic carbocycles. The van der Waals surface area contributed by atoms with E-state index in [2.05, 4.69) is 0 Å². The van der Waals surface area contributed by atoms with E-state index in [0.717, 1.165) is 0 Å². The van der Waals surface area contributed by atoms with E-state index in [-0.39, 0.29) is 17.9 Å². The number of hydrazine groups is 1. The molecule has 2 rings (SSSR count). The van der Waals surface area contributed by atoms with E-state index in [1.54, 1.807) is 48.5 Å². The molecule has 1 atom stereocenters. The lowest BCUT2D eigenvalue weighted by Gasteiger charge is -2.21. The first-order valence-corrected chi connectivity index (χ1v) is 9.16. The zero-order chi connectivity index (χ0) is 22.8. The van der Waals surface area contributed by atoms with Gasteiger partial charge in [-0.15, -0.1) is 0 Å². The standard InChI is InChI=1S/C21H21N3O7/c1-29-18-9-8-16(13-19(18)30-2)14-20(25)23(24(27)28)17(21(26)31-11-10-22)12-15-6-4-3-5-7-15/h3-9,13,17H,11-12,14H2,1-2H3/t17-/m0/s1. The molecule has 0 aliphatic rings. The van der Waals surface area contributed by atoms with Gasteiger partial charge in [0.05, 0.1) is 20.6 Å². The monoisotopic (exact) mass is 427 g/mol. The molecule has 10 nitrogen and oxygen atoms in total. The number of esters is 1. The summed E-state index contributed by atoms with van der Waals surface area (Å²) in [7, 11) is 2.88. The van der Waals surface area contributed by atoms with E-state index in [1.807, 2.05) is 0 Å². The fourth-order valence-electron chi connectivity index (χ4n) is 2.93. The number of amides is 1. The lowest BCUT2D eigenvalue weighted by atomic mass is 10.0. The molecule has 0 unspecified atom stereocenters. The van der Waals surface area contributed by atoms with Crippen molar-refractivity contribution in [3.8, 4) is 17.6 Å². The molecule has 0 radical (unpaired) electrons. The summed E-state index contributed by atoms with van der Waals surface area (Å²) < 4.78 is 15.1. The maximum absolute atomic E-state index is 12.9. The molecule has 0 saturated carbocycles. The quantitative estimate of drug-likeness (QED) is 0.319. The highest BCUT2D eigenvalue weighted by atomic mass is 16.7. The van der Waals surface area contributed by atoms with Crippen LogP contribution in [0.3, 0.4) is 0 Å². The SMILES string of the molecule is COc1ccc(CC(=O)N([C@@H](Cc2ccccc2)C(=O)OCC#N)[N+](=O)[O-])cc1OC. The number of nitriles is 1. The zero-order valence-corrected chi connectivity index (χ0v) is 17.0. The maximum atomic E-state index is 12.9. The highest BCUT2D eigenvalue weighted by Gasteiger charge is 2.40. The van der Waals surface area contributed by atoms with Gasteiger partial charge in [-0.1, -0.05) is 36.4 Å². The molecule has 0 spiro atoms. The predicted molar refractivity (Wildman–Crippen MR) is 108 cm³/mol. The summed E-state index contributed by atoms with van der Waals surface area (Å²) in [6.07, 6.45) is -0.512. The fraction of sp³-hybridized carbons (Fsp3) is 0.286. The van der Waals surface area contributed by atoms with E-state index < -0.39 is 29.6 Å². The van der Waals surface area contributed by atoms with Gasteiger partial charge in [0.25, 0.3) is 5.91 Å². The van der Waals surface area contributed by atoms with Crippen molar-refractivity contribution in [2.45, 2.75) is 18.9 Å². The van der Waals surface area contributed by atoms with E-state index in [9.17, 15) is 19.7 Å². The largest absolute Gasteiger partial charge is 0.493 e. The third-order valence-corrected chi connectivity index (χ3v) is 4.35. The first-order chi connectivity index (χ1) is 14.9. The van der Waals surface area contributed by atoms with Crippen LogP contribution in [0.25, 0.3) is 0 Å². The minimum absolute atomic E-state index is 0.149. The Morgan fingerprint density at radius 1 is 1.10 bits per heavy atom. The van der Waals surface area contributed by atoms with Crippen LogP contribution < -0.4 is 9.47 Å². The molecule has 2 aromatic rings. The number of benzene rings is 2. The van der Waals surface area contributed by atoms with Crippen LogP contribution in [0.2, 0.25) is 0 Å². The zero-order valence-electron chi connectivity index (χ0n) is 17.0. The summed E-state index contributed by atoms with van der Waals surface area (Å²) in [4.78, 5) is 37.1. The number of methoxy groups -OCH3 is 2. The summed E-state index contributed by atoms with van der Waals surface area (Å²) in [6.45, 7) is -0.584. The van der Waals surface area contributed by atoms with Crippen LogP contribution in [0.15, 0.2) is 48.5 Å². The van der Waals surface area contributed by atoms with Crippen molar-refractivity contribution in [3.63, 3.8) is 0 Å². The second kappa shape index (κ2) is 11.2. The summed E-state index contributed by atoms with van der Waals surface area (Å²) >= 11 is 0. The minimum atomic E-state index is -1.54. The molecule has 31 heavy (non-hydrogen) atoms. The number of carbonyl (C=O) groups is 2. The normalized spacial score (nSPS) is 11.0. The molecule has 162 valence electrons. The molecule has 0 saturated heterocycles. The van der Waals surface area contributed by atoms with Gasteiger partial charge in [0, 0.05) is 6.42 Å². The first-order valence-electron chi connectivity index (χ1n) is 9.16. The number of rotatable bonds is 10. The summed E-state index contributed by atoms with van der Waals surface area (Å²) in [5, 5.41) is 19.7. The number of hydrogen-bond acceptors (Lipinski definition) is 8. The second-order valence-corrected chi connectivity index (χ2v) is 6.31. The van der Waals surface area contributed by atoms with Gasteiger partial charge in [0.1, 0.15) is 6.07 Å². The number of hydrogen-bond donors (Lipinski definition) is 0. The van der Waals surface area contributed by atoms with Gasteiger partial charge in [0.15, 0.2) is 29.2 Å². The van der Waals surface area contributed by atoms with Crippen molar-refractivity contribution >= 4 is 11.9 Å². The molecule has 1 amide bonds. The smallest absolute Gasteiger partial charge is 0.336 e. The lowest BCUT2D eigenvalue weighted by Crippen LogP contribution is -2.50. The van der Waals surface area contributed by atoms with Crippen LogP contribution in [0, 0.1) is 21.4 Å². The second-order valence-electron chi connectivity index (χ2n) is 6.31. The van der Waals surface area contributed by atoms with Crippen LogP contribution >= 0.6 is 0 Å². The number of carbonyl (C=O) groups excluding carboxylic acids is 2. The Kier molecular flexibility index (Phi) is 8.33. The number of nitrogens with zero attached hydrogens (tertiary/aromatic N) is 3. The van der Waals surface area contributed by atoms with Crippen molar-refractivity contribution < 1.29 is 28.8 Å². The topological polar surface area (TPSA) is 132 Å². The minimum Gasteiger partial charge on any atom is -0.493 e. The van der Waals surface area contributed by atoms with Gasteiger partial charge in [-0.05, 0) is 28.3 Å². The first kappa shape index (κ1) is 23.2. The Labute approximate surface area is 178 Å². The summed E-state index contributed by atoms with van der Waals surface area (Å²) in [6, 6.07) is 13.2. The molecule has 0 aliphatic heterocycles. The van der Waals surface area contributed by atoms with Gasteiger partial charge >= 0.3 is 5.97 Å². The highest BCUT2D eigenvalue weighted by Crippen LogP contribution is 2.28. The fourth-order valence-corrected chi connectivity index (χ4v) is 2.93. The molecular weight excluding hydrogens is 406 g/mol. The van der Waals surface area contributed by atoms with Crippen molar-refractivity contribution in [1.82, 2.24) is 5.01 Å². The predicted octanol–water partition coefficient (Wildman–Crippen LogP) is 1.94. The van der Waals surface area contributed by atoms with E-state index in [1.165, 1.54) is 20.3 Å². The lowest BCUT2D eigenvalue weighted by molar-refractivity contribution is -0.640. The van der Waals surface area contributed by atoms with Crippen LogP contribution in [0.5, 0.6) is 11.5 Å². The van der Waals surface area contributed by atoms with Crippen molar-refractivity contribution in [3.05, 3.63) is 69.8 Å². The van der Waals surface area contributed by atoms with Gasteiger partial charge in [-0.2, -0.15) is 5.26 Å². The van der Waals surface area contributed by atoms with Gasteiger partial charge in [-0.3, -0.25) is 4.79 Å². The van der Waals surface area contributed by atoms with Gasteiger partial charge in [-0.25, -0.2) is 14.9 Å². The Morgan fingerprint density at radius 2 is 1.77 bits per heavy atom. The molecule has 0 N–H and O–H groups in total. The average Bonchev–Trinajstić information content (AvgIpc) is 2.77. The average molecular weight is 427 g/mol. The van der Waals surface area contributed by atoms with Crippen molar-refractivity contribution in [1.29, 1.82) is 5.26 Å². The number of ether oxygens (including phenoxy) is 3. The van der Waals surface area contributed by atoms with Crippen LogP contribution in [-0.2, 0) is 27.2 Å². The molecular formula is C21H21N3O7. The molecule has 2 aromatic carbocycles. The van der Waals surface area contributed by atoms with Gasteiger partial charge in [0.2, 0.25) is 0 Å². The Bertz CT molecular complexity index is 973. The Balaban J connectivity index is 2.33. The van der Waals surface area contributed by atoms with Crippen molar-refractivity contribution in [2.75, 3.05) is 20.8 Å². The van der Waals surface area contributed by atoms with Crippen molar-refractivity contribution in [2.24, 2.45) is 0 Å². The molecule has 0 aromatic heterocycles. The molecule has 10 heteroatoms. The maximum Gasteiger partial charge on any atom is 0.336 e. The van der Waals surface area contributed by atoms with E-state index in [4.69, 9.17) is 19.5 Å². The third kappa shape index (κ3) is 6.17. The molecule has 0 bridgehead atoms. The summed E-state index contributed by atoms with van der Waals surface area (Å²) in [5.41, 5.74) is 1.02.